The number of nitrogens with two attached hydrogens (primary N) is 1. The molecule has 7 nitrogen and oxygen atoms in total. The van der Waals surface area contributed by atoms with E-state index in [-0.39, 0.29) is 18.5 Å². The molecule has 2 N–H and O–H groups in total. The topological polar surface area (TPSA) is 88.6 Å². The van der Waals surface area contributed by atoms with Gasteiger partial charge in [-0.2, -0.15) is 5.10 Å². The lowest BCUT2D eigenvalue weighted by atomic mass is 9.97. The Labute approximate surface area is 205 Å². The summed E-state index contributed by atoms with van der Waals surface area (Å²) in [7, 11) is 3.51. The van der Waals surface area contributed by atoms with Crippen molar-refractivity contribution in [2.24, 2.45) is 12.8 Å². The minimum absolute atomic E-state index is 0.127. The monoisotopic (exact) mass is 473 g/mol. The first kappa shape index (κ1) is 24.4. The maximum Gasteiger partial charge on any atom is 0.310 e. The molecule has 1 heterocycles. The quantitative estimate of drug-likeness (QED) is 0.344. The summed E-state index contributed by atoms with van der Waals surface area (Å²) in [5.41, 5.74) is 11.9. The number of aromatic nitrogens is 2. The fourth-order valence-corrected chi connectivity index (χ4v) is 4.14. The second kappa shape index (κ2) is 11.2. The number of ether oxygens (including phenoxy) is 3. The average Bonchev–Trinajstić information content (AvgIpc) is 3.23. The van der Waals surface area contributed by atoms with Gasteiger partial charge in [-0.1, -0.05) is 36.4 Å². The highest BCUT2D eigenvalue weighted by atomic mass is 16.6. The van der Waals surface area contributed by atoms with Crippen molar-refractivity contribution >= 4 is 16.9 Å². The molecule has 4 aromatic rings. The molecule has 4 rings (SSSR count). The molecule has 1 unspecified atom stereocenters. The first-order chi connectivity index (χ1) is 17.0. The van der Waals surface area contributed by atoms with Crippen molar-refractivity contribution in [1.82, 2.24) is 9.78 Å². The standard InChI is InChI=1S/C28H31N3O4/c1-19(17-33-3)35-28(32)14-23-8-4-5-10-27(23)34-18-21-12-24(22-9-6-7-20(11-22)15-29)25-16-30-31(2)26(25)13-21/h4-13,16,19H,14-15,17-18,29H2,1-3H3. The van der Waals surface area contributed by atoms with Crippen molar-refractivity contribution in [2.45, 2.75) is 32.6 Å². The number of benzene rings is 3. The van der Waals surface area contributed by atoms with Crippen LogP contribution in [0.15, 0.2) is 66.9 Å². The molecule has 0 radical (unpaired) electrons. The number of carbonyl (C=O) groups excluding carboxylic acids is 1. The zero-order chi connectivity index (χ0) is 24.8. The second-order valence-corrected chi connectivity index (χ2v) is 8.58. The molecule has 3 aromatic carbocycles. The van der Waals surface area contributed by atoms with Crippen LogP contribution in [0.4, 0.5) is 0 Å². The predicted molar refractivity (Wildman–Crippen MR) is 136 cm³/mol. The van der Waals surface area contributed by atoms with E-state index in [1.807, 2.05) is 54.3 Å². The number of nitrogens with zero attached hydrogens (tertiary/aromatic N) is 2. The molecule has 0 aliphatic heterocycles. The third-order valence-electron chi connectivity index (χ3n) is 5.84. The number of methoxy groups -OCH3 is 1. The molecule has 0 saturated heterocycles. The summed E-state index contributed by atoms with van der Waals surface area (Å²) in [6.07, 6.45) is 1.71. The number of hydrogen-bond acceptors (Lipinski definition) is 6. The van der Waals surface area contributed by atoms with Gasteiger partial charge in [0.05, 0.1) is 24.7 Å². The Morgan fingerprint density at radius 1 is 1.09 bits per heavy atom. The van der Waals surface area contributed by atoms with E-state index in [4.69, 9.17) is 19.9 Å². The van der Waals surface area contributed by atoms with Crippen LogP contribution < -0.4 is 10.5 Å². The van der Waals surface area contributed by atoms with Crippen LogP contribution in [0.25, 0.3) is 22.0 Å². The molecule has 1 atom stereocenters. The minimum atomic E-state index is -0.316. The highest BCUT2D eigenvalue weighted by Gasteiger charge is 2.15. The van der Waals surface area contributed by atoms with Gasteiger partial charge in [0.15, 0.2) is 0 Å². The normalized spacial score (nSPS) is 12.0. The molecule has 182 valence electrons. The van der Waals surface area contributed by atoms with Gasteiger partial charge in [0, 0.05) is 31.7 Å². The van der Waals surface area contributed by atoms with E-state index in [0.717, 1.165) is 38.7 Å². The Kier molecular flexibility index (Phi) is 7.80. The van der Waals surface area contributed by atoms with Gasteiger partial charge in [0.1, 0.15) is 18.5 Å². The summed E-state index contributed by atoms with van der Waals surface area (Å²) in [4.78, 5) is 12.4. The first-order valence-electron chi connectivity index (χ1n) is 11.6. The first-order valence-corrected chi connectivity index (χ1v) is 11.6. The van der Waals surface area contributed by atoms with Crippen LogP contribution in [0, 0.1) is 0 Å². The average molecular weight is 474 g/mol. The number of para-hydroxylation sites is 1. The Balaban J connectivity index is 1.57. The smallest absolute Gasteiger partial charge is 0.310 e. The molecule has 7 heteroatoms. The van der Waals surface area contributed by atoms with Crippen LogP contribution in [-0.4, -0.2) is 35.6 Å². The summed E-state index contributed by atoms with van der Waals surface area (Å²) in [5.74, 6) is 0.338. The van der Waals surface area contributed by atoms with Crippen molar-refractivity contribution < 1.29 is 19.0 Å². The van der Waals surface area contributed by atoms with Crippen molar-refractivity contribution in [3.05, 3.63) is 83.6 Å². The molecule has 0 saturated carbocycles. The van der Waals surface area contributed by atoms with Crippen molar-refractivity contribution in [1.29, 1.82) is 0 Å². The van der Waals surface area contributed by atoms with Gasteiger partial charge >= 0.3 is 5.97 Å². The van der Waals surface area contributed by atoms with E-state index in [1.165, 1.54) is 0 Å². The van der Waals surface area contributed by atoms with Crippen LogP contribution >= 0.6 is 0 Å². The minimum Gasteiger partial charge on any atom is -0.489 e. The summed E-state index contributed by atoms with van der Waals surface area (Å²) < 4.78 is 18.5. The van der Waals surface area contributed by atoms with Crippen molar-refractivity contribution in [2.75, 3.05) is 13.7 Å². The maximum atomic E-state index is 12.4. The lowest BCUT2D eigenvalue weighted by molar-refractivity contribution is -0.149. The molecular weight excluding hydrogens is 442 g/mol. The molecule has 0 bridgehead atoms. The maximum absolute atomic E-state index is 12.4. The number of esters is 1. The number of carbonyl (C=O) groups is 1. The lowest BCUT2D eigenvalue weighted by Gasteiger charge is -2.15. The molecular formula is C28H31N3O4. The summed E-state index contributed by atoms with van der Waals surface area (Å²) in [6, 6.07) is 20.0. The van der Waals surface area contributed by atoms with Crippen molar-refractivity contribution in [3.8, 4) is 16.9 Å². The largest absolute Gasteiger partial charge is 0.489 e. The summed E-state index contributed by atoms with van der Waals surface area (Å²) in [6.45, 7) is 2.99. The highest BCUT2D eigenvalue weighted by molar-refractivity contribution is 5.95. The molecule has 0 fully saturated rings. The Morgan fingerprint density at radius 2 is 1.91 bits per heavy atom. The number of fused-ring (bicyclic) bond motifs is 1. The Hall–Kier alpha value is -3.68. The highest BCUT2D eigenvalue weighted by Crippen LogP contribution is 2.31. The summed E-state index contributed by atoms with van der Waals surface area (Å²) in [5, 5.41) is 5.53. The van der Waals surface area contributed by atoms with Gasteiger partial charge < -0.3 is 19.9 Å². The van der Waals surface area contributed by atoms with Crippen LogP contribution in [0.1, 0.15) is 23.6 Å². The number of rotatable bonds is 10. The predicted octanol–water partition coefficient (Wildman–Crippen LogP) is 4.40. The zero-order valence-electron chi connectivity index (χ0n) is 20.4. The summed E-state index contributed by atoms with van der Waals surface area (Å²) >= 11 is 0. The third kappa shape index (κ3) is 5.88. The van der Waals surface area contributed by atoms with Gasteiger partial charge in [-0.15, -0.1) is 0 Å². The van der Waals surface area contributed by atoms with Gasteiger partial charge in [-0.25, -0.2) is 0 Å². The van der Waals surface area contributed by atoms with Crippen LogP contribution in [0.2, 0.25) is 0 Å². The van der Waals surface area contributed by atoms with Gasteiger partial charge in [-0.05, 0) is 53.4 Å². The number of aryl methyl sites for hydroxylation is 1. The third-order valence-corrected chi connectivity index (χ3v) is 5.84. The fourth-order valence-electron chi connectivity index (χ4n) is 4.14. The van der Waals surface area contributed by atoms with Gasteiger partial charge in [0.25, 0.3) is 0 Å². The second-order valence-electron chi connectivity index (χ2n) is 8.58. The number of hydrogen-bond donors (Lipinski definition) is 1. The van der Waals surface area contributed by atoms with Crippen LogP contribution in [0.3, 0.4) is 0 Å². The van der Waals surface area contributed by atoms with E-state index in [1.54, 1.807) is 14.0 Å². The lowest BCUT2D eigenvalue weighted by Crippen LogP contribution is -2.21. The molecule has 0 aliphatic rings. The van der Waals surface area contributed by atoms with Gasteiger partial charge in [-0.3, -0.25) is 9.48 Å². The van der Waals surface area contributed by atoms with E-state index in [9.17, 15) is 4.79 Å². The molecule has 35 heavy (non-hydrogen) atoms. The Bertz CT molecular complexity index is 1310. The fraction of sp³-hybridized carbons (Fsp3) is 0.286. The zero-order valence-corrected chi connectivity index (χ0v) is 20.4. The molecule has 0 spiro atoms. The Morgan fingerprint density at radius 3 is 2.71 bits per heavy atom. The van der Waals surface area contributed by atoms with E-state index in [2.05, 4.69) is 29.4 Å². The van der Waals surface area contributed by atoms with E-state index in [0.29, 0.717) is 25.5 Å². The van der Waals surface area contributed by atoms with E-state index < -0.39 is 0 Å². The van der Waals surface area contributed by atoms with Crippen LogP contribution in [-0.2, 0) is 40.9 Å². The van der Waals surface area contributed by atoms with Crippen molar-refractivity contribution in [3.63, 3.8) is 0 Å². The van der Waals surface area contributed by atoms with E-state index >= 15 is 0 Å². The molecule has 0 aliphatic carbocycles. The van der Waals surface area contributed by atoms with Gasteiger partial charge in [0.2, 0.25) is 0 Å². The molecule has 0 amide bonds. The SMILES string of the molecule is COCC(C)OC(=O)Cc1ccccc1OCc1cc(-c2cccc(CN)c2)c2cnn(C)c2c1. The molecule has 1 aromatic heterocycles. The van der Waals surface area contributed by atoms with Crippen LogP contribution in [0.5, 0.6) is 5.75 Å².